The Kier molecular flexibility index (Phi) is 3.85. The third-order valence-corrected chi connectivity index (χ3v) is 5.09. The van der Waals surface area contributed by atoms with Crippen molar-refractivity contribution in [2.24, 2.45) is 11.8 Å². The Bertz CT molecular complexity index is 620. The van der Waals surface area contributed by atoms with Crippen LogP contribution in [0.25, 0.3) is 0 Å². The Morgan fingerprint density at radius 3 is 2.36 bits per heavy atom. The summed E-state index contributed by atoms with van der Waals surface area (Å²) in [5, 5.41) is 0. The summed E-state index contributed by atoms with van der Waals surface area (Å²) in [4.78, 5) is 12.1. The summed E-state index contributed by atoms with van der Waals surface area (Å²) in [6, 6.07) is 4.09. The molecule has 1 unspecified atom stereocenters. The number of hydrogen-bond donors (Lipinski definition) is 0. The molecule has 0 spiro atoms. The van der Waals surface area contributed by atoms with E-state index in [1.807, 2.05) is 13.0 Å². The van der Waals surface area contributed by atoms with Gasteiger partial charge in [0, 0.05) is 11.8 Å². The van der Waals surface area contributed by atoms with E-state index in [0.29, 0.717) is 17.6 Å². The molecular formula is C18H22O4. The molecule has 3 rings (SSSR count). The lowest BCUT2D eigenvalue weighted by molar-refractivity contribution is -0.146. The van der Waals surface area contributed by atoms with Gasteiger partial charge in [0.25, 0.3) is 0 Å². The van der Waals surface area contributed by atoms with Crippen molar-refractivity contribution in [2.75, 3.05) is 21.3 Å². The molecule has 4 heteroatoms. The maximum Gasteiger partial charge on any atom is 0.309 e. The van der Waals surface area contributed by atoms with Crippen LogP contribution in [0.4, 0.5) is 0 Å². The highest BCUT2D eigenvalue weighted by Crippen LogP contribution is 2.56. The molecule has 118 valence electrons. The van der Waals surface area contributed by atoms with E-state index in [2.05, 4.69) is 18.2 Å². The molecule has 0 amide bonds. The van der Waals surface area contributed by atoms with Gasteiger partial charge in [-0.1, -0.05) is 19.1 Å². The van der Waals surface area contributed by atoms with Crippen LogP contribution in [0.3, 0.4) is 0 Å². The smallest absolute Gasteiger partial charge is 0.309 e. The van der Waals surface area contributed by atoms with Crippen LogP contribution in [0.2, 0.25) is 0 Å². The van der Waals surface area contributed by atoms with Crippen LogP contribution in [-0.2, 0) is 9.53 Å². The van der Waals surface area contributed by atoms with Gasteiger partial charge < -0.3 is 14.2 Å². The second kappa shape index (κ2) is 5.67. The number of hydrogen-bond acceptors (Lipinski definition) is 4. The van der Waals surface area contributed by atoms with Gasteiger partial charge in [-0.25, -0.2) is 0 Å². The average molecular weight is 302 g/mol. The standard InChI is InChI=1S/C18H22O4/c1-10(18(19)22-4)17-12-7-5-6-11(12)13-8-15(20-2)16(21-3)9-14(13)17/h5-6,8-12,17H,7H2,1-4H3/t10?,11-,12+,17-/m1/s1. The van der Waals surface area contributed by atoms with Crippen molar-refractivity contribution >= 4 is 5.97 Å². The number of esters is 1. The van der Waals surface area contributed by atoms with Gasteiger partial charge in [0.05, 0.1) is 27.2 Å². The van der Waals surface area contributed by atoms with Crippen molar-refractivity contribution in [3.8, 4) is 11.5 Å². The summed E-state index contributed by atoms with van der Waals surface area (Å²) >= 11 is 0. The zero-order valence-corrected chi connectivity index (χ0v) is 13.5. The number of benzene rings is 1. The zero-order chi connectivity index (χ0) is 15.9. The summed E-state index contributed by atoms with van der Waals surface area (Å²) < 4.78 is 15.8. The van der Waals surface area contributed by atoms with Crippen LogP contribution < -0.4 is 9.47 Å². The van der Waals surface area contributed by atoms with E-state index in [-0.39, 0.29) is 17.8 Å². The topological polar surface area (TPSA) is 44.8 Å². The number of methoxy groups -OCH3 is 3. The minimum absolute atomic E-state index is 0.154. The molecule has 0 aromatic heterocycles. The lowest BCUT2D eigenvalue weighted by Crippen LogP contribution is -2.24. The molecule has 2 aliphatic rings. The fourth-order valence-electron chi connectivity index (χ4n) is 4.07. The molecule has 1 aromatic rings. The molecule has 0 aliphatic heterocycles. The van der Waals surface area contributed by atoms with Gasteiger partial charge in [-0.2, -0.15) is 0 Å². The van der Waals surface area contributed by atoms with Crippen LogP contribution in [0.1, 0.15) is 36.3 Å². The Balaban J connectivity index is 2.10. The van der Waals surface area contributed by atoms with Crippen LogP contribution in [0.15, 0.2) is 24.3 Å². The third kappa shape index (κ3) is 2.09. The van der Waals surface area contributed by atoms with Crippen molar-refractivity contribution in [3.63, 3.8) is 0 Å². The van der Waals surface area contributed by atoms with Crippen molar-refractivity contribution < 1.29 is 19.0 Å². The van der Waals surface area contributed by atoms with Gasteiger partial charge in [0.15, 0.2) is 11.5 Å². The van der Waals surface area contributed by atoms with Gasteiger partial charge in [0.1, 0.15) is 0 Å². The fourth-order valence-corrected chi connectivity index (χ4v) is 4.07. The van der Waals surface area contributed by atoms with Crippen molar-refractivity contribution in [1.29, 1.82) is 0 Å². The highest BCUT2D eigenvalue weighted by molar-refractivity contribution is 5.74. The maximum absolute atomic E-state index is 12.1. The quantitative estimate of drug-likeness (QED) is 0.632. The van der Waals surface area contributed by atoms with E-state index in [1.54, 1.807) is 14.2 Å². The third-order valence-electron chi connectivity index (χ3n) is 5.09. The number of carbonyl (C=O) groups excluding carboxylic acids is 1. The molecule has 4 atom stereocenters. The SMILES string of the molecule is COC(=O)C(C)[C@H]1c2cc(OC)c(OC)cc2[C@@H]2C=CC[C@H]12. The van der Waals surface area contributed by atoms with Crippen molar-refractivity contribution in [1.82, 2.24) is 0 Å². The summed E-state index contributed by atoms with van der Waals surface area (Å²) in [7, 11) is 4.74. The fraction of sp³-hybridized carbons (Fsp3) is 0.500. The molecule has 4 nitrogen and oxygen atoms in total. The summed E-state index contributed by atoms with van der Waals surface area (Å²) in [6.45, 7) is 1.96. The highest BCUT2D eigenvalue weighted by Gasteiger charge is 2.46. The van der Waals surface area contributed by atoms with E-state index in [1.165, 1.54) is 18.2 Å². The van der Waals surface area contributed by atoms with E-state index >= 15 is 0 Å². The lowest BCUT2D eigenvalue weighted by atomic mass is 9.80. The van der Waals surface area contributed by atoms with E-state index < -0.39 is 0 Å². The first-order valence-electron chi connectivity index (χ1n) is 7.62. The molecule has 0 saturated heterocycles. The number of ether oxygens (including phenoxy) is 3. The summed E-state index contributed by atoms with van der Waals surface area (Å²) in [5.41, 5.74) is 2.44. The van der Waals surface area contributed by atoms with E-state index in [4.69, 9.17) is 14.2 Å². The Hall–Kier alpha value is -1.97. The predicted octanol–water partition coefficient (Wildman–Crippen LogP) is 3.27. The number of fused-ring (bicyclic) bond motifs is 3. The Morgan fingerprint density at radius 1 is 1.14 bits per heavy atom. The summed E-state index contributed by atoms with van der Waals surface area (Å²) in [6.07, 6.45) is 5.46. The van der Waals surface area contributed by atoms with Crippen LogP contribution in [-0.4, -0.2) is 27.3 Å². The Morgan fingerprint density at radius 2 is 1.77 bits per heavy atom. The molecule has 0 N–H and O–H groups in total. The molecule has 0 radical (unpaired) electrons. The molecule has 2 aliphatic carbocycles. The van der Waals surface area contributed by atoms with Crippen molar-refractivity contribution in [3.05, 3.63) is 35.4 Å². The van der Waals surface area contributed by atoms with Gasteiger partial charge in [0.2, 0.25) is 0 Å². The highest BCUT2D eigenvalue weighted by atomic mass is 16.5. The normalized spacial score (nSPS) is 26.3. The first-order valence-corrected chi connectivity index (χ1v) is 7.62. The summed E-state index contributed by atoms with van der Waals surface area (Å²) in [5.74, 6) is 2.06. The Labute approximate surface area is 131 Å². The minimum atomic E-state index is -0.170. The molecule has 0 bridgehead atoms. The van der Waals surface area contributed by atoms with Crippen LogP contribution in [0.5, 0.6) is 11.5 Å². The first kappa shape index (κ1) is 14.9. The molecule has 0 fully saturated rings. The maximum atomic E-state index is 12.1. The number of carbonyl (C=O) groups is 1. The molecule has 1 aromatic carbocycles. The monoisotopic (exact) mass is 302 g/mol. The van der Waals surface area contributed by atoms with Crippen LogP contribution in [0, 0.1) is 11.8 Å². The van der Waals surface area contributed by atoms with E-state index in [0.717, 1.165) is 12.2 Å². The molecule has 22 heavy (non-hydrogen) atoms. The largest absolute Gasteiger partial charge is 0.493 e. The second-order valence-corrected chi connectivity index (χ2v) is 6.03. The van der Waals surface area contributed by atoms with E-state index in [9.17, 15) is 4.79 Å². The predicted molar refractivity (Wildman–Crippen MR) is 83.5 cm³/mol. The molecule has 0 heterocycles. The van der Waals surface area contributed by atoms with Crippen LogP contribution >= 0.6 is 0 Å². The molecular weight excluding hydrogens is 280 g/mol. The molecule has 0 saturated carbocycles. The minimum Gasteiger partial charge on any atom is -0.493 e. The number of rotatable bonds is 4. The second-order valence-electron chi connectivity index (χ2n) is 6.03. The number of allylic oxidation sites excluding steroid dienone is 2. The van der Waals surface area contributed by atoms with Crippen molar-refractivity contribution in [2.45, 2.75) is 25.2 Å². The average Bonchev–Trinajstić information content (AvgIpc) is 3.12. The zero-order valence-electron chi connectivity index (χ0n) is 13.5. The lowest BCUT2D eigenvalue weighted by Gasteiger charge is -2.24. The van der Waals surface area contributed by atoms with Gasteiger partial charge in [-0.3, -0.25) is 4.79 Å². The van der Waals surface area contributed by atoms with Gasteiger partial charge >= 0.3 is 5.97 Å². The first-order chi connectivity index (χ1) is 10.6. The van der Waals surface area contributed by atoms with Gasteiger partial charge in [-0.05, 0) is 35.6 Å². The van der Waals surface area contributed by atoms with Gasteiger partial charge in [-0.15, -0.1) is 0 Å².